The summed E-state index contributed by atoms with van der Waals surface area (Å²) in [4.78, 5) is 16.3. The maximum atomic E-state index is 12.1. The fraction of sp³-hybridized carbons (Fsp3) is 0.200. The summed E-state index contributed by atoms with van der Waals surface area (Å²) in [5.41, 5.74) is 0.539. The lowest BCUT2D eigenvalue weighted by Gasteiger charge is -2.13. The fourth-order valence-corrected chi connectivity index (χ4v) is 2.54. The Morgan fingerprint density at radius 1 is 1.04 bits per heavy atom. The first kappa shape index (κ1) is 16.8. The maximum Gasteiger partial charge on any atom is 0.361 e. The SMILES string of the molecule is Cc1nc(C(=O)OC(C)C)c(O)c2ccc(Oc3ccccc3)cc12. The van der Waals surface area contributed by atoms with Gasteiger partial charge >= 0.3 is 5.97 Å². The summed E-state index contributed by atoms with van der Waals surface area (Å²) in [6, 6.07) is 14.7. The first-order valence-electron chi connectivity index (χ1n) is 8.03. The molecule has 0 aliphatic heterocycles. The van der Waals surface area contributed by atoms with Gasteiger partial charge in [-0.2, -0.15) is 0 Å². The van der Waals surface area contributed by atoms with E-state index in [-0.39, 0.29) is 17.5 Å². The van der Waals surface area contributed by atoms with Crippen molar-refractivity contribution in [3.63, 3.8) is 0 Å². The number of aromatic nitrogens is 1. The summed E-state index contributed by atoms with van der Waals surface area (Å²) in [5.74, 6) is 0.522. The van der Waals surface area contributed by atoms with Crippen LogP contribution in [0.2, 0.25) is 0 Å². The number of hydrogen-bond donors (Lipinski definition) is 1. The molecule has 1 heterocycles. The van der Waals surface area contributed by atoms with Gasteiger partial charge in [-0.25, -0.2) is 9.78 Å². The Bertz CT molecular complexity index is 920. The van der Waals surface area contributed by atoms with E-state index in [2.05, 4.69) is 4.98 Å². The third-order valence-electron chi connectivity index (χ3n) is 3.65. The number of pyridine rings is 1. The van der Waals surface area contributed by atoms with Gasteiger partial charge in [-0.3, -0.25) is 0 Å². The molecular weight excluding hydrogens is 318 g/mol. The van der Waals surface area contributed by atoms with Crippen molar-refractivity contribution in [1.82, 2.24) is 4.98 Å². The number of carbonyl (C=O) groups excluding carboxylic acids is 1. The van der Waals surface area contributed by atoms with Crippen molar-refractivity contribution >= 4 is 16.7 Å². The van der Waals surface area contributed by atoms with Crippen LogP contribution in [0.25, 0.3) is 10.8 Å². The molecule has 0 aliphatic carbocycles. The van der Waals surface area contributed by atoms with Gasteiger partial charge in [0.15, 0.2) is 11.4 Å². The molecule has 0 radical (unpaired) electrons. The number of esters is 1. The van der Waals surface area contributed by atoms with Gasteiger partial charge < -0.3 is 14.6 Å². The van der Waals surface area contributed by atoms with E-state index < -0.39 is 5.97 Å². The Labute approximate surface area is 145 Å². The smallest absolute Gasteiger partial charge is 0.361 e. The minimum atomic E-state index is -0.637. The standard InChI is InChI=1S/C20H19NO4/c1-12(2)24-20(23)18-19(22)16-10-9-15(11-17(16)13(3)21-18)25-14-7-5-4-6-8-14/h4-12,22H,1-3H3. The molecule has 0 amide bonds. The second-order valence-electron chi connectivity index (χ2n) is 5.97. The first-order valence-corrected chi connectivity index (χ1v) is 8.03. The molecule has 0 unspecified atom stereocenters. The molecule has 0 aliphatic rings. The van der Waals surface area contributed by atoms with Crippen molar-refractivity contribution in [1.29, 1.82) is 0 Å². The number of fused-ring (bicyclic) bond motifs is 1. The first-order chi connectivity index (χ1) is 12.0. The highest BCUT2D eigenvalue weighted by molar-refractivity contribution is 6.00. The van der Waals surface area contributed by atoms with Crippen molar-refractivity contribution in [2.45, 2.75) is 26.9 Å². The monoisotopic (exact) mass is 337 g/mol. The summed E-state index contributed by atoms with van der Waals surface area (Å²) in [6.07, 6.45) is -0.286. The number of benzene rings is 2. The zero-order chi connectivity index (χ0) is 18.0. The molecule has 0 bridgehead atoms. The van der Waals surface area contributed by atoms with Gasteiger partial charge in [0.25, 0.3) is 0 Å². The van der Waals surface area contributed by atoms with Crippen LogP contribution < -0.4 is 4.74 Å². The van der Waals surface area contributed by atoms with Gasteiger partial charge in [0, 0.05) is 16.5 Å². The van der Waals surface area contributed by atoms with Gasteiger partial charge in [0.05, 0.1) is 6.10 Å². The third kappa shape index (κ3) is 3.55. The molecule has 3 aromatic rings. The lowest BCUT2D eigenvalue weighted by molar-refractivity contribution is 0.0367. The Morgan fingerprint density at radius 2 is 1.76 bits per heavy atom. The summed E-state index contributed by atoms with van der Waals surface area (Å²) < 4.78 is 10.9. The number of hydrogen-bond acceptors (Lipinski definition) is 5. The number of nitrogens with zero attached hydrogens (tertiary/aromatic N) is 1. The van der Waals surface area contributed by atoms with Crippen LogP contribution in [-0.2, 0) is 4.74 Å². The van der Waals surface area contributed by atoms with E-state index in [0.717, 1.165) is 0 Å². The van der Waals surface area contributed by atoms with Crippen LogP contribution in [-0.4, -0.2) is 22.2 Å². The topological polar surface area (TPSA) is 68.7 Å². The van der Waals surface area contributed by atoms with Crippen LogP contribution in [0, 0.1) is 6.92 Å². The molecule has 128 valence electrons. The van der Waals surface area contributed by atoms with Crippen LogP contribution in [0.1, 0.15) is 30.0 Å². The summed E-state index contributed by atoms with van der Waals surface area (Å²) in [5, 5.41) is 11.7. The molecule has 3 rings (SSSR count). The van der Waals surface area contributed by atoms with Crippen molar-refractivity contribution < 1.29 is 19.4 Å². The molecule has 1 aromatic heterocycles. The van der Waals surface area contributed by atoms with E-state index in [1.54, 1.807) is 39.0 Å². The summed E-state index contributed by atoms with van der Waals surface area (Å²) in [7, 11) is 0. The van der Waals surface area contributed by atoms with Gasteiger partial charge in [0.1, 0.15) is 11.5 Å². The highest BCUT2D eigenvalue weighted by Crippen LogP contribution is 2.33. The number of aryl methyl sites for hydroxylation is 1. The lowest BCUT2D eigenvalue weighted by atomic mass is 10.1. The minimum Gasteiger partial charge on any atom is -0.505 e. The maximum absolute atomic E-state index is 12.1. The second-order valence-corrected chi connectivity index (χ2v) is 5.97. The number of ether oxygens (including phenoxy) is 2. The lowest BCUT2D eigenvalue weighted by Crippen LogP contribution is -2.14. The zero-order valence-electron chi connectivity index (χ0n) is 14.3. The molecule has 0 atom stereocenters. The fourth-order valence-electron chi connectivity index (χ4n) is 2.54. The molecular formula is C20H19NO4. The summed E-state index contributed by atoms with van der Waals surface area (Å²) >= 11 is 0. The Hall–Kier alpha value is -3.08. The normalized spacial score (nSPS) is 10.9. The molecule has 2 aromatic carbocycles. The van der Waals surface area contributed by atoms with E-state index in [1.165, 1.54) is 0 Å². The van der Waals surface area contributed by atoms with Crippen LogP contribution in [0.4, 0.5) is 0 Å². The number of rotatable bonds is 4. The molecule has 5 heteroatoms. The van der Waals surface area contributed by atoms with E-state index in [1.807, 2.05) is 30.3 Å². The van der Waals surface area contributed by atoms with Crippen molar-refractivity contribution in [3.05, 3.63) is 59.9 Å². The molecule has 25 heavy (non-hydrogen) atoms. The Kier molecular flexibility index (Phi) is 4.57. The average molecular weight is 337 g/mol. The molecule has 0 saturated heterocycles. The Morgan fingerprint density at radius 3 is 2.44 bits per heavy atom. The summed E-state index contributed by atoms with van der Waals surface area (Å²) in [6.45, 7) is 5.27. The van der Waals surface area contributed by atoms with Gasteiger partial charge in [0.2, 0.25) is 0 Å². The predicted molar refractivity (Wildman–Crippen MR) is 95.2 cm³/mol. The average Bonchev–Trinajstić information content (AvgIpc) is 2.58. The molecule has 0 fully saturated rings. The van der Waals surface area contributed by atoms with Gasteiger partial charge in [-0.1, -0.05) is 18.2 Å². The van der Waals surface area contributed by atoms with Crippen molar-refractivity contribution in [2.24, 2.45) is 0 Å². The third-order valence-corrected chi connectivity index (χ3v) is 3.65. The molecule has 5 nitrogen and oxygen atoms in total. The van der Waals surface area contributed by atoms with E-state index in [0.29, 0.717) is 28.0 Å². The molecule has 0 spiro atoms. The minimum absolute atomic E-state index is 0.0737. The Balaban J connectivity index is 2.01. The molecule has 0 saturated carbocycles. The number of aromatic hydroxyl groups is 1. The van der Waals surface area contributed by atoms with E-state index >= 15 is 0 Å². The van der Waals surface area contributed by atoms with Crippen LogP contribution in [0.15, 0.2) is 48.5 Å². The predicted octanol–water partition coefficient (Wildman–Crippen LogP) is 4.61. The van der Waals surface area contributed by atoms with Crippen LogP contribution in [0.5, 0.6) is 17.2 Å². The quantitative estimate of drug-likeness (QED) is 0.704. The van der Waals surface area contributed by atoms with Crippen molar-refractivity contribution in [3.8, 4) is 17.2 Å². The highest BCUT2D eigenvalue weighted by Gasteiger charge is 2.20. The van der Waals surface area contributed by atoms with Gasteiger partial charge in [-0.05, 0) is 51.1 Å². The number of para-hydroxylation sites is 1. The van der Waals surface area contributed by atoms with Gasteiger partial charge in [-0.15, -0.1) is 0 Å². The van der Waals surface area contributed by atoms with Crippen LogP contribution >= 0.6 is 0 Å². The largest absolute Gasteiger partial charge is 0.505 e. The second kappa shape index (κ2) is 6.81. The van der Waals surface area contributed by atoms with Crippen LogP contribution in [0.3, 0.4) is 0 Å². The van der Waals surface area contributed by atoms with E-state index in [9.17, 15) is 9.90 Å². The highest BCUT2D eigenvalue weighted by atomic mass is 16.5. The van der Waals surface area contributed by atoms with Crippen molar-refractivity contribution in [2.75, 3.05) is 0 Å². The molecule has 1 N–H and O–H groups in total. The number of carbonyl (C=O) groups is 1. The van der Waals surface area contributed by atoms with E-state index in [4.69, 9.17) is 9.47 Å². The zero-order valence-corrected chi connectivity index (χ0v) is 14.3.